The van der Waals surface area contributed by atoms with Crippen LogP contribution in [0.4, 0.5) is 11.4 Å². The van der Waals surface area contributed by atoms with Crippen LogP contribution in [-0.2, 0) is 0 Å². The first-order valence-corrected chi connectivity index (χ1v) is 7.27. The van der Waals surface area contributed by atoms with Crippen LogP contribution in [0.2, 0.25) is 0 Å². The molecule has 1 aromatic heterocycles. The Morgan fingerprint density at radius 3 is 2.57 bits per heavy atom. The highest BCUT2D eigenvalue weighted by Crippen LogP contribution is 2.39. The van der Waals surface area contributed by atoms with Gasteiger partial charge in [-0.1, -0.05) is 25.1 Å². The Morgan fingerprint density at radius 1 is 1.35 bits per heavy atom. The molecule has 7 nitrogen and oxygen atoms in total. The first-order chi connectivity index (χ1) is 10.9. The topological polar surface area (TPSA) is 97.5 Å². The van der Waals surface area contributed by atoms with Crippen LogP contribution in [0.3, 0.4) is 0 Å². The van der Waals surface area contributed by atoms with Gasteiger partial charge in [0, 0.05) is 11.3 Å². The molecular weight excluding hydrogens is 298 g/mol. The van der Waals surface area contributed by atoms with E-state index >= 15 is 0 Å². The lowest BCUT2D eigenvalue weighted by Crippen LogP contribution is -2.19. The molecule has 2 aromatic rings. The number of nitrogens with one attached hydrogen (secondary N) is 1. The summed E-state index contributed by atoms with van der Waals surface area (Å²) in [7, 11) is 0. The van der Waals surface area contributed by atoms with Gasteiger partial charge in [-0.3, -0.25) is 10.1 Å². The number of anilines is 1. The summed E-state index contributed by atoms with van der Waals surface area (Å²) in [6.45, 7) is 5.22. The minimum absolute atomic E-state index is 0.102. The second kappa shape index (κ2) is 7.06. The van der Waals surface area contributed by atoms with Crippen molar-refractivity contribution in [2.24, 2.45) is 0 Å². The zero-order chi connectivity index (χ0) is 17.0. The van der Waals surface area contributed by atoms with Crippen molar-refractivity contribution in [2.75, 3.05) is 5.32 Å². The molecular formula is C16H19N3O4. The minimum Gasteiger partial charge on any atom is -0.434 e. The Morgan fingerprint density at radius 2 is 2.00 bits per heavy atom. The number of hydrogen-bond acceptors (Lipinski definition) is 6. The summed E-state index contributed by atoms with van der Waals surface area (Å²) in [4.78, 5) is 15.2. The molecule has 0 aliphatic rings. The highest BCUT2D eigenvalue weighted by Gasteiger charge is 2.28. The molecule has 0 aliphatic heterocycles. The first-order valence-electron chi connectivity index (χ1n) is 7.27. The Hall–Kier alpha value is -2.67. The highest BCUT2D eigenvalue weighted by atomic mass is 16.6. The Balaban J connectivity index is 2.55. The van der Waals surface area contributed by atoms with Crippen molar-refractivity contribution in [2.45, 2.75) is 33.4 Å². The lowest BCUT2D eigenvalue weighted by Gasteiger charge is -2.17. The number of aliphatic hydroxyl groups is 1. The summed E-state index contributed by atoms with van der Waals surface area (Å²) >= 11 is 0. The molecule has 1 heterocycles. The molecule has 2 N–H and O–H groups in total. The number of aliphatic hydroxyl groups excluding tert-OH is 1. The first kappa shape index (κ1) is 16.7. The Bertz CT molecular complexity index is 704. The molecule has 1 aromatic carbocycles. The van der Waals surface area contributed by atoms with Gasteiger partial charge >= 0.3 is 11.6 Å². The van der Waals surface area contributed by atoms with Crippen molar-refractivity contribution in [3.63, 3.8) is 0 Å². The van der Waals surface area contributed by atoms with Crippen LogP contribution in [0.5, 0.6) is 11.6 Å². The number of rotatable bonds is 6. The number of ether oxygens (including phenoxy) is 1. The van der Waals surface area contributed by atoms with E-state index in [9.17, 15) is 15.2 Å². The number of pyridine rings is 1. The van der Waals surface area contributed by atoms with Crippen LogP contribution in [-0.4, -0.2) is 21.2 Å². The van der Waals surface area contributed by atoms with Gasteiger partial charge in [-0.05, 0) is 32.4 Å². The molecule has 0 aliphatic carbocycles. The standard InChI is InChI=1S/C16H19N3O4/c1-4-13(20)18-14-10(2)11(3)17-16(15(14)19(21)22)23-12-8-6-5-7-9-12/h5-9,13,20H,4H2,1-3H3,(H,17,18). The maximum Gasteiger partial charge on any atom is 0.354 e. The summed E-state index contributed by atoms with van der Waals surface area (Å²) in [5.41, 5.74) is 1.13. The number of aromatic nitrogens is 1. The van der Waals surface area contributed by atoms with Crippen LogP contribution in [0.1, 0.15) is 24.6 Å². The third-order valence-corrected chi connectivity index (χ3v) is 3.46. The summed E-state index contributed by atoms with van der Waals surface area (Å²) in [6.07, 6.45) is -0.480. The smallest absolute Gasteiger partial charge is 0.354 e. The van der Waals surface area contributed by atoms with Gasteiger partial charge in [0.15, 0.2) is 0 Å². The molecule has 0 saturated carbocycles. The molecule has 0 amide bonds. The quantitative estimate of drug-likeness (QED) is 0.480. The van der Waals surface area contributed by atoms with Crippen molar-refractivity contribution in [1.29, 1.82) is 0 Å². The summed E-state index contributed by atoms with van der Waals surface area (Å²) < 4.78 is 5.59. The largest absolute Gasteiger partial charge is 0.434 e. The maximum absolute atomic E-state index is 11.5. The van der Waals surface area contributed by atoms with Gasteiger partial charge in [0.2, 0.25) is 0 Å². The van der Waals surface area contributed by atoms with Gasteiger partial charge < -0.3 is 15.2 Å². The predicted octanol–water partition coefficient (Wildman–Crippen LogP) is 3.54. The molecule has 1 unspecified atom stereocenters. The summed E-state index contributed by atoms with van der Waals surface area (Å²) in [5, 5.41) is 24.1. The van der Waals surface area contributed by atoms with Gasteiger partial charge in [0.05, 0.1) is 4.92 Å². The molecule has 23 heavy (non-hydrogen) atoms. The molecule has 0 fully saturated rings. The SMILES string of the molecule is CCC(O)Nc1c(C)c(C)nc(Oc2ccccc2)c1[N+](=O)[O-]. The fourth-order valence-corrected chi connectivity index (χ4v) is 2.04. The van der Waals surface area contributed by atoms with E-state index in [1.807, 2.05) is 6.07 Å². The predicted molar refractivity (Wildman–Crippen MR) is 86.8 cm³/mol. The zero-order valence-electron chi connectivity index (χ0n) is 13.2. The van der Waals surface area contributed by atoms with Gasteiger partial charge in [-0.2, -0.15) is 0 Å². The summed E-state index contributed by atoms with van der Waals surface area (Å²) in [5.74, 6) is 0.350. The fraction of sp³-hybridized carbons (Fsp3) is 0.312. The maximum atomic E-state index is 11.5. The van der Waals surface area contributed by atoms with E-state index < -0.39 is 11.2 Å². The fourth-order valence-electron chi connectivity index (χ4n) is 2.04. The van der Waals surface area contributed by atoms with E-state index in [2.05, 4.69) is 10.3 Å². The Labute approximate surface area is 134 Å². The number of benzene rings is 1. The Kier molecular flexibility index (Phi) is 5.13. The second-order valence-corrected chi connectivity index (χ2v) is 5.09. The molecule has 2 rings (SSSR count). The van der Waals surface area contributed by atoms with Crippen molar-refractivity contribution in [3.8, 4) is 11.6 Å². The number of aryl methyl sites for hydroxylation is 1. The second-order valence-electron chi connectivity index (χ2n) is 5.09. The van der Waals surface area contributed by atoms with E-state index in [4.69, 9.17) is 4.74 Å². The van der Waals surface area contributed by atoms with Crippen molar-refractivity contribution < 1.29 is 14.8 Å². The molecule has 122 valence electrons. The molecule has 0 bridgehead atoms. The van der Waals surface area contributed by atoms with Gasteiger partial charge in [0.1, 0.15) is 17.7 Å². The van der Waals surface area contributed by atoms with E-state index in [0.717, 1.165) is 0 Å². The van der Waals surface area contributed by atoms with Gasteiger partial charge in [0.25, 0.3) is 0 Å². The molecule has 0 saturated heterocycles. The summed E-state index contributed by atoms with van der Waals surface area (Å²) in [6, 6.07) is 8.73. The van der Waals surface area contributed by atoms with Gasteiger partial charge in [-0.25, -0.2) is 4.98 Å². The molecule has 1 atom stereocenters. The third-order valence-electron chi connectivity index (χ3n) is 3.46. The van der Waals surface area contributed by atoms with Crippen LogP contribution >= 0.6 is 0 Å². The highest BCUT2D eigenvalue weighted by molar-refractivity contribution is 5.71. The number of nitrogens with zero attached hydrogens (tertiary/aromatic N) is 2. The van der Waals surface area contributed by atoms with E-state index in [-0.39, 0.29) is 17.3 Å². The van der Waals surface area contributed by atoms with E-state index in [1.54, 1.807) is 45.0 Å². The molecule has 0 radical (unpaired) electrons. The van der Waals surface area contributed by atoms with Crippen molar-refractivity contribution in [3.05, 3.63) is 51.7 Å². The number of nitro groups is 1. The average molecular weight is 317 g/mol. The molecule has 7 heteroatoms. The molecule has 0 spiro atoms. The number of hydrogen-bond donors (Lipinski definition) is 2. The number of para-hydroxylation sites is 1. The normalized spacial score (nSPS) is 11.8. The van der Waals surface area contributed by atoms with Crippen LogP contribution < -0.4 is 10.1 Å². The van der Waals surface area contributed by atoms with Crippen LogP contribution in [0.15, 0.2) is 30.3 Å². The van der Waals surface area contributed by atoms with E-state index in [0.29, 0.717) is 23.4 Å². The lowest BCUT2D eigenvalue weighted by atomic mass is 10.1. The third kappa shape index (κ3) is 3.75. The van der Waals surface area contributed by atoms with Crippen molar-refractivity contribution >= 4 is 11.4 Å². The van der Waals surface area contributed by atoms with Crippen LogP contribution in [0.25, 0.3) is 0 Å². The monoisotopic (exact) mass is 317 g/mol. The average Bonchev–Trinajstić information content (AvgIpc) is 2.52. The minimum atomic E-state index is -0.890. The van der Waals surface area contributed by atoms with Crippen molar-refractivity contribution in [1.82, 2.24) is 4.98 Å². The van der Waals surface area contributed by atoms with E-state index in [1.165, 1.54) is 0 Å². The van der Waals surface area contributed by atoms with Gasteiger partial charge in [-0.15, -0.1) is 0 Å². The van der Waals surface area contributed by atoms with Crippen LogP contribution in [0, 0.1) is 24.0 Å². The zero-order valence-corrected chi connectivity index (χ0v) is 13.2. The lowest BCUT2D eigenvalue weighted by molar-refractivity contribution is -0.385.